The van der Waals surface area contributed by atoms with Crippen LogP contribution in [-0.2, 0) is 12.8 Å². The fraction of sp³-hybridized carbons (Fsp3) is 0.429. The summed E-state index contributed by atoms with van der Waals surface area (Å²) in [5, 5.41) is 9.78. The largest absolute Gasteiger partial charge is 0.493 e. The Morgan fingerprint density at radius 3 is 2.15 bits per heavy atom. The van der Waals surface area contributed by atoms with Gasteiger partial charge in [-0.05, 0) is 48.9 Å². The van der Waals surface area contributed by atoms with Crippen LogP contribution in [0.5, 0.6) is 17.2 Å². The van der Waals surface area contributed by atoms with Gasteiger partial charge < -0.3 is 19.9 Å². The number of nitrogens with zero attached hydrogens (tertiary/aromatic N) is 2. The Labute approximate surface area is 159 Å². The van der Waals surface area contributed by atoms with Crippen LogP contribution in [0.25, 0.3) is 11.1 Å². The lowest BCUT2D eigenvalue weighted by atomic mass is 9.87. The van der Waals surface area contributed by atoms with Crippen molar-refractivity contribution < 1.29 is 14.2 Å². The number of nitrogen functional groups attached to an aromatic ring is 1. The first-order chi connectivity index (χ1) is 13.1. The third-order valence-electron chi connectivity index (χ3n) is 5.07. The molecule has 1 heterocycles. The van der Waals surface area contributed by atoms with Crippen LogP contribution in [0, 0.1) is 11.3 Å². The standard InChI is InChI=1S/C21H25N3O3/c1-25-17-10-13(11-18(26-2)20(17)27-3)19-14-8-6-4-5-7-9-16(14)24-21(23)15(19)12-22/h10-11H,4-9H2,1-3H3,(H2,23,24). The predicted molar refractivity (Wildman–Crippen MR) is 104 cm³/mol. The molecule has 2 N–H and O–H groups in total. The molecule has 27 heavy (non-hydrogen) atoms. The molecule has 0 saturated heterocycles. The molecule has 0 bridgehead atoms. The maximum atomic E-state index is 9.78. The molecule has 1 aliphatic rings. The van der Waals surface area contributed by atoms with Crippen LogP contribution >= 0.6 is 0 Å². The fourth-order valence-corrected chi connectivity index (χ4v) is 3.77. The number of aromatic nitrogens is 1. The summed E-state index contributed by atoms with van der Waals surface area (Å²) in [6.45, 7) is 0. The number of hydrogen-bond acceptors (Lipinski definition) is 6. The average Bonchev–Trinajstić information content (AvgIpc) is 2.67. The zero-order chi connectivity index (χ0) is 19.4. The van der Waals surface area contributed by atoms with Gasteiger partial charge in [0.2, 0.25) is 5.75 Å². The highest BCUT2D eigenvalue weighted by atomic mass is 16.5. The predicted octanol–water partition coefficient (Wildman–Crippen LogP) is 3.89. The zero-order valence-corrected chi connectivity index (χ0v) is 16.1. The summed E-state index contributed by atoms with van der Waals surface area (Å²) in [6, 6.07) is 5.99. The van der Waals surface area contributed by atoms with Crippen LogP contribution in [0.4, 0.5) is 5.82 Å². The summed E-state index contributed by atoms with van der Waals surface area (Å²) < 4.78 is 16.4. The number of fused-ring (bicyclic) bond motifs is 1. The lowest BCUT2D eigenvalue weighted by Gasteiger charge is -2.21. The van der Waals surface area contributed by atoms with E-state index >= 15 is 0 Å². The molecule has 6 nitrogen and oxygen atoms in total. The minimum Gasteiger partial charge on any atom is -0.493 e. The first-order valence-corrected chi connectivity index (χ1v) is 9.16. The normalized spacial score (nSPS) is 13.7. The van der Waals surface area contributed by atoms with Gasteiger partial charge in [0, 0.05) is 11.3 Å². The second-order valence-electron chi connectivity index (χ2n) is 6.61. The lowest BCUT2D eigenvalue weighted by molar-refractivity contribution is 0.324. The summed E-state index contributed by atoms with van der Waals surface area (Å²) in [7, 11) is 4.73. The summed E-state index contributed by atoms with van der Waals surface area (Å²) in [6.07, 6.45) is 6.29. The van der Waals surface area contributed by atoms with Crippen molar-refractivity contribution >= 4 is 5.82 Å². The van der Waals surface area contributed by atoms with Crippen LogP contribution in [0.2, 0.25) is 0 Å². The number of nitrogens with two attached hydrogens (primary N) is 1. The van der Waals surface area contributed by atoms with Crippen molar-refractivity contribution in [1.82, 2.24) is 4.98 Å². The summed E-state index contributed by atoms with van der Waals surface area (Å²) in [5.74, 6) is 1.89. The van der Waals surface area contributed by atoms with Gasteiger partial charge in [-0.1, -0.05) is 12.8 Å². The van der Waals surface area contributed by atoms with Crippen molar-refractivity contribution in [2.45, 2.75) is 38.5 Å². The van der Waals surface area contributed by atoms with Gasteiger partial charge in [-0.2, -0.15) is 5.26 Å². The molecular weight excluding hydrogens is 342 g/mol. The van der Waals surface area contributed by atoms with E-state index in [1.54, 1.807) is 21.3 Å². The van der Waals surface area contributed by atoms with Crippen molar-refractivity contribution in [1.29, 1.82) is 5.26 Å². The molecule has 0 unspecified atom stereocenters. The van der Waals surface area contributed by atoms with Crippen molar-refractivity contribution in [3.8, 4) is 34.4 Å². The van der Waals surface area contributed by atoms with E-state index in [2.05, 4.69) is 11.1 Å². The fourth-order valence-electron chi connectivity index (χ4n) is 3.77. The SMILES string of the molecule is COc1cc(-c2c(C#N)c(N)nc3c2CCCCCC3)cc(OC)c1OC. The van der Waals surface area contributed by atoms with Crippen molar-refractivity contribution in [2.75, 3.05) is 27.1 Å². The monoisotopic (exact) mass is 367 g/mol. The van der Waals surface area contributed by atoms with E-state index in [1.165, 1.54) is 12.8 Å². The number of pyridine rings is 1. The van der Waals surface area contributed by atoms with Gasteiger partial charge in [0.1, 0.15) is 17.5 Å². The van der Waals surface area contributed by atoms with E-state index in [0.717, 1.165) is 48.1 Å². The van der Waals surface area contributed by atoms with Gasteiger partial charge in [0.25, 0.3) is 0 Å². The topological polar surface area (TPSA) is 90.4 Å². The van der Waals surface area contributed by atoms with Crippen LogP contribution < -0.4 is 19.9 Å². The summed E-state index contributed by atoms with van der Waals surface area (Å²) in [4.78, 5) is 4.56. The molecule has 0 radical (unpaired) electrons. The van der Waals surface area contributed by atoms with E-state index in [9.17, 15) is 5.26 Å². The first-order valence-electron chi connectivity index (χ1n) is 9.16. The minimum atomic E-state index is 0.278. The van der Waals surface area contributed by atoms with Crippen LogP contribution in [0.15, 0.2) is 12.1 Å². The number of nitriles is 1. The summed E-state index contributed by atoms with van der Waals surface area (Å²) in [5.41, 5.74) is 10.3. The van der Waals surface area contributed by atoms with Gasteiger partial charge in [0.15, 0.2) is 11.5 Å². The molecule has 1 aromatic carbocycles. The molecule has 0 spiro atoms. The second-order valence-corrected chi connectivity index (χ2v) is 6.61. The number of aryl methyl sites for hydroxylation is 1. The molecule has 1 aliphatic carbocycles. The van der Waals surface area contributed by atoms with Crippen molar-refractivity contribution in [3.05, 3.63) is 29.0 Å². The van der Waals surface area contributed by atoms with E-state index in [-0.39, 0.29) is 5.82 Å². The highest BCUT2D eigenvalue weighted by Gasteiger charge is 2.23. The van der Waals surface area contributed by atoms with Crippen molar-refractivity contribution in [2.24, 2.45) is 0 Å². The third kappa shape index (κ3) is 3.50. The molecule has 0 fully saturated rings. The average molecular weight is 367 g/mol. The molecule has 6 heteroatoms. The van der Waals surface area contributed by atoms with Crippen LogP contribution in [0.1, 0.15) is 42.5 Å². The van der Waals surface area contributed by atoms with Gasteiger partial charge in [-0.3, -0.25) is 0 Å². The Balaban J connectivity index is 2.31. The molecule has 0 saturated carbocycles. The quantitative estimate of drug-likeness (QED) is 0.882. The molecule has 0 aliphatic heterocycles. The number of rotatable bonds is 4. The highest BCUT2D eigenvalue weighted by Crippen LogP contribution is 2.44. The first kappa shape index (κ1) is 18.8. The van der Waals surface area contributed by atoms with E-state index < -0.39 is 0 Å². The van der Waals surface area contributed by atoms with Crippen molar-refractivity contribution in [3.63, 3.8) is 0 Å². The number of methoxy groups -OCH3 is 3. The van der Waals surface area contributed by atoms with Gasteiger partial charge in [-0.15, -0.1) is 0 Å². The van der Waals surface area contributed by atoms with E-state index in [1.807, 2.05) is 12.1 Å². The zero-order valence-electron chi connectivity index (χ0n) is 16.1. The Morgan fingerprint density at radius 1 is 0.963 bits per heavy atom. The number of hydrogen-bond donors (Lipinski definition) is 1. The molecule has 3 rings (SSSR count). The van der Waals surface area contributed by atoms with E-state index in [0.29, 0.717) is 22.8 Å². The smallest absolute Gasteiger partial charge is 0.203 e. The second kappa shape index (κ2) is 8.17. The molecule has 0 amide bonds. The molecule has 1 aromatic heterocycles. The summed E-state index contributed by atoms with van der Waals surface area (Å²) >= 11 is 0. The van der Waals surface area contributed by atoms with Gasteiger partial charge in [-0.25, -0.2) is 4.98 Å². The highest BCUT2D eigenvalue weighted by molar-refractivity contribution is 5.82. The molecule has 2 aromatic rings. The van der Waals surface area contributed by atoms with Crippen LogP contribution in [-0.4, -0.2) is 26.3 Å². The lowest BCUT2D eigenvalue weighted by Crippen LogP contribution is -2.10. The third-order valence-corrected chi connectivity index (χ3v) is 5.07. The maximum Gasteiger partial charge on any atom is 0.203 e. The molecule has 0 atom stereocenters. The van der Waals surface area contributed by atoms with Crippen LogP contribution in [0.3, 0.4) is 0 Å². The number of benzene rings is 1. The Kier molecular flexibility index (Phi) is 5.70. The van der Waals surface area contributed by atoms with Gasteiger partial charge >= 0.3 is 0 Å². The number of ether oxygens (including phenoxy) is 3. The molecule has 142 valence electrons. The number of anilines is 1. The van der Waals surface area contributed by atoms with E-state index in [4.69, 9.17) is 19.9 Å². The Hall–Kier alpha value is -2.94. The maximum absolute atomic E-state index is 9.78. The van der Waals surface area contributed by atoms with Gasteiger partial charge in [0.05, 0.1) is 21.3 Å². The minimum absolute atomic E-state index is 0.278. The Bertz CT molecular complexity index is 862. The Morgan fingerprint density at radius 2 is 1.59 bits per heavy atom. The molecular formula is C21H25N3O3.